The van der Waals surface area contributed by atoms with Crippen LogP contribution >= 0.6 is 0 Å². The van der Waals surface area contributed by atoms with Gasteiger partial charge >= 0.3 is 0 Å². The number of hydrogen-bond donors (Lipinski definition) is 2. The summed E-state index contributed by atoms with van der Waals surface area (Å²) in [6, 6.07) is 0. The normalized spacial score (nSPS) is 9.86. The highest BCUT2D eigenvalue weighted by Crippen LogP contribution is 2.13. The Hall–Kier alpha value is -0.0800. The van der Waals surface area contributed by atoms with Gasteiger partial charge in [-0.2, -0.15) is 0 Å². The Morgan fingerprint density at radius 2 is 1.29 bits per heavy atom. The zero-order valence-electron chi connectivity index (χ0n) is 10.8. The minimum atomic E-state index is 0.912. The molecule has 0 rings (SSSR count). The van der Waals surface area contributed by atoms with Crippen molar-refractivity contribution in [1.82, 2.24) is 10.6 Å². The molecule has 0 bridgehead atoms. The van der Waals surface area contributed by atoms with Gasteiger partial charge in [0.1, 0.15) is 0 Å². The molecule has 0 saturated heterocycles. The van der Waals surface area contributed by atoms with E-state index in [9.17, 15) is 0 Å². The van der Waals surface area contributed by atoms with Crippen molar-refractivity contribution in [3.05, 3.63) is 0 Å². The van der Waals surface area contributed by atoms with Crippen LogP contribution in [0, 0.1) is 5.92 Å². The van der Waals surface area contributed by atoms with Crippen LogP contribution in [0.4, 0.5) is 0 Å². The average molecular weight is 202 g/mol. The number of rotatable bonds is 8. The first-order valence-corrected chi connectivity index (χ1v) is 6.14. The molecule has 0 aliphatic rings. The van der Waals surface area contributed by atoms with Crippen LogP contribution in [-0.4, -0.2) is 27.2 Å². The highest BCUT2D eigenvalue weighted by atomic mass is 14.8. The lowest BCUT2D eigenvalue weighted by Crippen LogP contribution is -2.17. The zero-order valence-corrected chi connectivity index (χ0v) is 10.8. The molecule has 14 heavy (non-hydrogen) atoms. The highest BCUT2D eigenvalue weighted by Gasteiger charge is 2.05. The van der Waals surface area contributed by atoms with Crippen LogP contribution < -0.4 is 10.6 Å². The van der Waals surface area contributed by atoms with E-state index in [-0.39, 0.29) is 0 Å². The zero-order chi connectivity index (χ0) is 11.2. The molecule has 0 aromatic rings. The van der Waals surface area contributed by atoms with E-state index in [1.807, 2.05) is 27.9 Å². The number of nitrogens with one attached hydrogen (secondary N) is 2. The summed E-state index contributed by atoms with van der Waals surface area (Å²) in [6.45, 7) is 8.59. The number of hydrogen-bond acceptors (Lipinski definition) is 2. The Morgan fingerprint density at radius 1 is 0.857 bits per heavy atom. The minimum Gasteiger partial charge on any atom is -0.320 e. The van der Waals surface area contributed by atoms with Crippen molar-refractivity contribution in [1.29, 1.82) is 0 Å². The lowest BCUT2D eigenvalue weighted by molar-refractivity contribution is 0.405. The topological polar surface area (TPSA) is 24.1 Å². The van der Waals surface area contributed by atoms with Crippen LogP contribution in [-0.2, 0) is 0 Å². The summed E-state index contributed by atoms with van der Waals surface area (Å²) in [7, 11) is 4.06. The van der Waals surface area contributed by atoms with E-state index >= 15 is 0 Å². The summed E-state index contributed by atoms with van der Waals surface area (Å²) in [6.07, 6.45) is 5.35. The highest BCUT2D eigenvalue weighted by molar-refractivity contribution is 4.61. The van der Waals surface area contributed by atoms with Crippen molar-refractivity contribution in [2.24, 2.45) is 5.92 Å². The van der Waals surface area contributed by atoms with Crippen molar-refractivity contribution in [3.8, 4) is 0 Å². The molecule has 0 heterocycles. The molecule has 0 aliphatic heterocycles. The Morgan fingerprint density at radius 3 is 1.57 bits per heavy atom. The first kappa shape index (κ1) is 16.4. The Balaban J connectivity index is 0. The molecule has 0 aromatic carbocycles. The largest absolute Gasteiger partial charge is 0.320 e. The van der Waals surface area contributed by atoms with Gasteiger partial charge in [-0.25, -0.2) is 0 Å². The molecular weight excluding hydrogens is 172 g/mol. The van der Waals surface area contributed by atoms with Gasteiger partial charge in [-0.3, -0.25) is 0 Å². The van der Waals surface area contributed by atoms with Crippen LogP contribution in [0.1, 0.15) is 46.5 Å². The van der Waals surface area contributed by atoms with Crippen LogP contribution in [0.2, 0.25) is 0 Å². The van der Waals surface area contributed by atoms with Gasteiger partial charge < -0.3 is 10.6 Å². The maximum atomic E-state index is 3.21. The fourth-order valence-electron chi connectivity index (χ4n) is 1.54. The first-order valence-electron chi connectivity index (χ1n) is 6.14. The molecule has 0 fully saturated rings. The molecule has 0 unspecified atom stereocenters. The minimum absolute atomic E-state index is 0.912. The SMILES string of the molecule is CC.CCCC(CCNC)CCNC. The Labute approximate surface area is 90.9 Å². The molecule has 0 saturated carbocycles. The first-order chi connectivity index (χ1) is 6.85. The van der Waals surface area contributed by atoms with E-state index in [2.05, 4.69) is 17.6 Å². The molecule has 2 nitrogen and oxygen atoms in total. The molecule has 0 aromatic heterocycles. The summed E-state index contributed by atoms with van der Waals surface area (Å²) in [5.74, 6) is 0.912. The van der Waals surface area contributed by atoms with Crippen LogP contribution in [0.3, 0.4) is 0 Å². The van der Waals surface area contributed by atoms with Gasteiger partial charge in [0.25, 0.3) is 0 Å². The van der Waals surface area contributed by atoms with E-state index in [0.29, 0.717) is 0 Å². The average Bonchev–Trinajstić information content (AvgIpc) is 2.25. The second-order valence-corrected chi connectivity index (χ2v) is 3.44. The third kappa shape index (κ3) is 11.9. The second kappa shape index (κ2) is 15.4. The lowest BCUT2D eigenvalue weighted by atomic mass is 9.96. The van der Waals surface area contributed by atoms with E-state index in [4.69, 9.17) is 0 Å². The molecule has 0 aliphatic carbocycles. The maximum Gasteiger partial charge on any atom is -0.00493 e. The Kier molecular flexibility index (Phi) is 18.0. The summed E-state index contributed by atoms with van der Waals surface area (Å²) < 4.78 is 0. The summed E-state index contributed by atoms with van der Waals surface area (Å²) in [4.78, 5) is 0. The van der Waals surface area contributed by atoms with Crippen molar-refractivity contribution < 1.29 is 0 Å². The monoisotopic (exact) mass is 202 g/mol. The molecule has 0 atom stereocenters. The van der Waals surface area contributed by atoms with E-state index in [1.165, 1.54) is 25.7 Å². The third-order valence-electron chi connectivity index (χ3n) is 2.30. The van der Waals surface area contributed by atoms with Crippen molar-refractivity contribution in [3.63, 3.8) is 0 Å². The fourth-order valence-corrected chi connectivity index (χ4v) is 1.54. The van der Waals surface area contributed by atoms with Crippen molar-refractivity contribution >= 4 is 0 Å². The van der Waals surface area contributed by atoms with Gasteiger partial charge in [0.2, 0.25) is 0 Å². The summed E-state index contributed by atoms with van der Waals surface area (Å²) >= 11 is 0. The van der Waals surface area contributed by atoms with Crippen molar-refractivity contribution in [2.45, 2.75) is 46.5 Å². The fraction of sp³-hybridized carbons (Fsp3) is 1.00. The van der Waals surface area contributed by atoms with Crippen LogP contribution in [0.5, 0.6) is 0 Å². The second-order valence-electron chi connectivity index (χ2n) is 3.44. The smallest absolute Gasteiger partial charge is 0.00493 e. The molecule has 2 heteroatoms. The third-order valence-corrected chi connectivity index (χ3v) is 2.30. The standard InChI is InChI=1S/C10H24N2.C2H6/c1-4-5-10(6-8-11-2)7-9-12-3;1-2/h10-12H,4-9H2,1-3H3;1-2H3. The molecule has 88 valence electrons. The summed E-state index contributed by atoms with van der Waals surface area (Å²) in [5.41, 5.74) is 0. The molecular formula is C12H30N2. The van der Waals surface area contributed by atoms with Gasteiger partial charge in [-0.15, -0.1) is 0 Å². The van der Waals surface area contributed by atoms with Crippen LogP contribution in [0.25, 0.3) is 0 Å². The van der Waals surface area contributed by atoms with Gasteiger partial charge in [0.15, 0.2) is 0 Å². The van der Waals surface area contributed by atoms with E-state index < -0.39 is 0 Å². The van der Waals surface area contributed by atoms with Gasteiger partial charge in [-0.05, 0) is 45.9 Å². The van der Waals surface area contributed by atoms with Crippen molar-refractivity contribution in [2.75, 3.05) is 27.2 Å². The summed E-state index contributed by atoms with van der Waals surface area (Å²) in [5, 5.41) is 6.43. The Bertz CT molecular complexity index is 76.4. The molecule has 2 N–H and O–H groups in total. The quantitative estimate of drug-likeness (QED) is 0.632. The predicted octanol–water partition coefficient (Wildman–Crippen LogP) is 2.65. The predicted molar refractivity (Wildman–Crippen MR) is 66.8 cm³/mol. The molecule has 0 amide bonds. The molecule has 0 spiro atoms. The van der Waals surface area contributed by atoms with Gasteiger partial charge in [0.05, 0.1) is 0 Å². The maximum absolute atomic E-state index is 3.21. The van der Waals surface area contributed by atoms with E-state index in [0.717, 1.165) is 19.0 Å². The van der Waals surface area contributed by atoms with E-state index in [1.54, 1.807) is 0 Å². The van der Waals surface area contributed by atoms with Crippen LogP contribution in [0.15, 0.2) is 0 Å². The molecule has 0 radical (unpaired) electrons. The van der Waals surface area contributed by atoms with Gasteiger partial charge in [-0.1, -0.05) is 33.6 Å². The lowest BCUT2D eigenvalue weighted by Gasteiger charge is -2.15. The van der Waals surface area contributed by atoms with Gasteiger partial charge in [0, 0.05) is 0 Å².